The van der Waals surface area contributed by atoms with Crippen molar-refractivity contribution < 1.29 is 9.90 Å². The Morgan fingerprint density at radius 1 is 1.21 bits per heavy atom. The van der Waals surface area contributed by atoms with Crippen molar-refractivity contribution in [1.82, 2.24) is 19.9 Å². The van der Waals surface area contributed by atoms with Crippen LogP contribution in [0.3, 0.4) is 0 Å². The molecule has 29 heavy (non-hydrogen) atoms. The minimum absolute atomic E-state index is 0.000967. The summed E-state index contributed by atoms with van der Waals surface area (Å²) in [5.74, 6) is 0.918. The summed E-state index contributed by atoms with van der Waals surface area (Å²) in [5, 5.41) is 22.8. The topological polar surface area (TPSA) is 91.5 Å². The van der Waals surface area contributed by atoms with Crippen molar-refractivity contribution in [3.63, 3.8) is 0 Å². The van der Waals surface area contributed by atoms with E-state index in [1.807, 2.05) is 43.6 Å². The van der Waals surface area contributed by atoms with Crippen LogP contribution in [0.5, 0.6) is 5.75 Å². The molecule has 0 unspecified atom stereocenters. The van der Waals surface area contributed by atoms with E-state index in [-0.39, 0.29) is 11.7 Å². The van der Waals surface area contributed by atoms with Gasteiger partial charge in [0.2, 0.25) is 5.91 Å². The molecular formula is C20H20BN5O2S. The van der Waals surface area contributed by atoms with E-state index in [0.717, 1.165) is 21.8 Å². The van der Waals surface area contributed by atoms with Gasteiger partial charge in [0, 0.05) is 35.8 Å². The molecule has 146 valence electrons. The summed E-state index contributed by atoms with van der Waals surface area (Å²) in [7, 11) is 1.94. The number of hydrogen-bond acceptors (Lipinski definition) is 6. The Morgan fingerprint density at radius 2 is 2.07 bits per heavy atom. The Balaban J connectivity index is 1.48. The lowest BCUT2D eigenvalue weighted by Crippen LogP contribution is -2.30. The van der Waals surface area contributed by atoms with E-state index < -0.39 is 0 Å². The van der Waals surface area contributed by atoms with Crippen molar-refractivity contribution in [3.05, 3.63) is 58.9 Å². The molecule has 0 spiro atoms. The molecule has 0 saturated heterocycles. The van der Waals surface area contributed by atoms with E-state index in [1.54, 1.807) is 34.2 Å². The molecule has 0 radical (unpaired) electrons. The van der Waals surface area contributed by atoms with E-state index >= 15 is 0 Å². The van der Waals surface area contributed by atoms with Gasteiger partial charge in [0.05, 0.1) is 12.1 Å². The Kier molecular flexibility index (Phi) is 5.48. The molecular weight excluding hydrogens is 385 g/mol. The number of amides is 1. The maximum atomic E-state index is 12.0. The van der Waals surface area contributed by atoms with Crippen LogP contribution in [-0.2, 0) is 11.2 Å². The molecule has 7 nitrogen and oxygen atoms in total. The second-order valence-electron chi connectivity index (χ2n) is 6.64. The second kappa shape index (κ2) is 8.36. The maximum absolute atomic E-state index is 12.0. The van der Waals surface area contributed by atoms with E-state index in [4.69, 9.17) is 0 Å². The van der Waals surface area contributed by atoms with Gasteiger partial charge < -0.3 is 15.7 Å². The van der Waals surface area contributed by atoms with Crippen molar-refractivity contribution in [2.45, 2.75) is 6.42 Å². The highest BCUT2D eigenvalue weighted by Crippen LogP contribution is 2.29. The summed E-state index contributed by atoms with van der Waals surface area (Å²) in [6, 6.07) is 12.9. The van der Waals surface area contributed by atoms with Crippen LogP contribution in [0.1, 0.15) is 4.88 Å². The highest BCUT2D eigenvalue weighted by atomic mass is 32.1. The van der Waals surface area contributed by atoms with Crippen molar-refractivity contribution in [3.8, 4) is 17.0 Å². The van der Waals surface area contributed by atoms with Crippen LogP contribution < -0.4 is 16.1 Å². The van der Waals surface area contributed by atoms with Gasteiger partial charge in [-0.05, 0) is 29.0 Å². The molecule has 0 fully saturated rings. The number of phenols is 1. The summed E-state index contributed by atoms with van der Waals surface area (Å²) < 4.78 is 1.73. The summed E-state index contributed by atoms with van der Waals surface area (Å²) in [5.41, 5.74) is 2.97. The Bertz CT molecular complexity index is 1140. The molecule has 0 aliphatic heterocycles. The summed E-state index contributed by atoms with van der Waals surface area (Å²) in [6.07, 6.45) is 2.15. The largest absolute Gasteiger partial charge is 0.507 e. The lowest BCUT2D eigenvalue weighted by molar-refractivity contribution is -0.120. The molecule has 4 rings (SSSR count). The Labute approximate surface area is 172 Å². The monoisotopic (exact) mass is 405 g/mol. The zero-order valence-electron chi connectivity index (χ0n) is 15.9. The predicted octanol–water partition coefficient (Wildman–Crippen LogP) is 1.19. The van der Waals surface area contributed by atoms with Crippen LogP contribution in [0.2, 0.25) is 0 Å². The molecule has 0 atom stereocenters. The van der Waals surface area contributed by atoms with Gasteiger partial charge in [-0.2, -0.15) is 9.61 Å². The molecule has 3 aromatic heterocycles. The van der Waals surface area contributed by atoms with Crippen molar-refractivity contribution in [2.24, 2.45) is 0 Å². The average Bonchev–Trinajstić information content (AvgIpc) is 3.35. The van der Waals surface area contributed by atoms with Gasteiger partial charge in [-0.1, -0.05) is 18.2 Å². The number of rotatable bonds is 7. The van der Waals surface area contributed by atoms with Gasteiger partial charge in [0.15, 0.2) is 5.65 Å². The first-order valence-electron chi connectivity index (χ1n) is 9.28. The smallest absolute Gasteiger partial charge is 0.225 e. The predicted molar refractivity (Wildman–Crippen MR) is 118 cm³/mol. The standard InChI is InChI=1S/C20H20BN5O2S/c21-15-12-24-26-18(22-7-8-23-19(28)10-13-4-3-9-29-13)11-16(25-20(15)26)14-5-1-2-6-17(14)27/h1-6,9,11-12,22,27H,7-8,10,21H2,(H,23,28). The number of benzene rings is 1. The number of fused-ring (bicyclic) bond motifs is 1. The van der Waals surface area contributed by atoms with Crippen molar-refractivity contribution in [2.75, 3.05) is 18.4 Å². The number of aromatic hydroxyl groups is 1. The minimum atomic E-state index is -0.000967. The van der Waals surface area contributed by atoms with Gasteiger partial charge in [0.25, 0.3) is 0 Å². The van der Waals surface area contributed by atoms with Crippen LogP contribution in [0.15, 0.2) is 54.0 Å². The van der Waals surface area contributed by atoms with Crippen LogP contribution in [-0.4, -0.2) is 46.5 Å². The number of carbonyl (C=O) groups is 1. The number of para-hydroxylation sites is 1. The van der Waals surface area contributed by atoms with E-state index in [9.17, 15) is 9.90 Å². The average molecular weight is 405 g/mol. The van der Waals surface area contributed by atoms with Gasteiger partial charge in [-0.3, -0.25) is 4.79 Å². The molecule has 3 N–H and O–H groups in total. The number of nitrogens with one attached hydrogen (secondary N) is 2. The van der Waals surface area contributed by atoms with Crippen LogP contribution in [0, 0.1) is 0 Å². The minimum Gasteiger partial charge on any atom is -0.507 e. The first-order chi connectivity index (χ1) is 14.1. The fraction of sp³-hybridized carbons (Fsp3) is 0.150. The van der Waals surface area contributed by atoms with E-state index in [1.165, 1.54) is 0 Å². The fourth-order valence-electron chi connectivity index (χ4n) is 3.05. The Morgan fingerprint density at radius 3 is 2.86 bits per heavy atom. The van der Waals surface area contributed by atoms with Crippen LogP contribution >= 0.6 is 11.3 Å². The molecule has 0 saturated carbocycles. The first kappa shape index (κ1) is 19.0. The summed E-state index contributed by atoms with van der Waals surface area (Å²) in [6.45, 7) is 1.02. The fourth-order valence-corrected chi connectivity index (χ4v) is 3.76. The quantitative estimate of drug-likeness (QED) is 0.318. The van der Waals surface area contributed by atoms with Crippen molar-refractivity contribution >= 4 is 42.0 Å². The van der Waals surface area contributed by atoms with Crippen molar-refractivity contribution in [1.29, 1.82) is 0 Å². The molecule has 0 aliphatic carbocycles. The number of nitrogens with zero attached hydrogens (tertiary/aromatic N) is 3. The number of hydrogen-bond donors (Lipinski definition) is 3. The highest BCUT2D eigenvalue weighted by Gasteiger charge is 2.12. The molecule has 3 heterocycles. The van der Waals surface area contributed by atoms with Gasteiger partial charge >= 0.3 is 0 Å². The lowest BCUT2D eigenvalue weighted by Gasteiger charge is -2.12. The van der Waals surface area contributed by atoms with E-state index in [2.05, 4.69) is 20.7 Å². The number of anilines is 1. The summed E-state index contributed by atoms with van der Waals surface area (Å²) in [4.78, 5) is 17.7. The molecule has 1 aromatic carbocycles. The SMILES string of the molecule is Bc1cnn2c(NCCNC(=O)Cc3cccs3)cc(-c3ccccc3O)nc12. The highest BCUT2D eigenvalue weighted by molar-refractivity contribution is 7.10. The van der Waals surface area contributed by atoms with Gasteiger partial charge in [-0.25, -0.2) is 4.98 Å². The molecule has 4 aromatic rings. The Hall–Kier alpha value is -3.33. The molecule has 0 aliphatic rings. The van der Waals surface area contributed by atoms with E-state index in [0.29, 0.717) is 30.8 Å². The number of carbonyl (C=O) groups excluding carboxylic acids is 1. The lowest BCUT2D eigenvalue weighted by atomic mass is 10.0. The third-order valence-corrected chi connectivity index (χ3v) is 5.37. The van der Waals surface area contributed by atoms with Gasteiger partial charge in [0.1, 0.15) is 19.4 Å². The van der Waals surface area contributed by atoms with Crippen LogP contribution in [0.4, 0.5) is 5.82 Å². The maximum Gasteiger partial charge on any atom is 0.225 e. The molecule has 1 amide bonds. The normalized spacial score (nSPS) is 10.9. The van der Waals surface area contributed by atoms with Crippen LogP contribution in [0.25, 0.3) is 16.9 Å². The first-order valence-corrected chi connectivity index (χ1v) is 10.2. The number of phenolic OH excluding ortho intramolecular Hbond substituents is 1. The zero-order valence-corrected chi connectivity index (χ0v) is 16.7. The van der Waals surface area contributed by atoms with Gasteiger partial charge in [-0.15, -0.1) is 11.3 Å². The second-order valence-corrected chi connectivity index (χ2v) is 7.67. The summed E-state index contributed by atoms with van der Waals surface area (Å²) >= 11 is 1.58. The third-order valence-electron chi connectivity index (χ3n) is 4.50. The molecule has 9 heteroatoms. The molecule has 0 bridgehead atoms. The third kappa shape index (κ3) is 4.24. The number of aromatic nitrogens is 3. The zero-order chi connectivity index (χ0) is 20.2. The number of thiophene rings is 1.